The van der Waals surface area contributed by atoms with Gasteiger partial charge in [0.25, 0.3) is 5.91 Å². The van der Waals surface area contributed by atoms with Gasteiger partial charge in [-0.1, -0.05) is 25.4 Å². The van der Waals surface area contributed by atoms with Crippen molar-refractivity contribution in [1.29, 1.82) is 0 Å². The molecule has 1 aliphatic rings. The van der Waals surface area contributed by atoms with E-state index in [0.29, 0.717) is 22.9 Å². The highest BCUT2D eigenvalue weighted by atomic mass is 35.5. The zero-order chi connectivity index (χ0) is 17.5. The third kappa shape index (κ3) is 4.54. The lowest BCUT2D eigenvalue weighted by Gasteiger charge is -2.21. The van der Waals surface area contributed by atoms with Crippen molar-refractivity contribution in [3.05, 3.63) is 22.7 Å². The Bertz CT molecular complexity index is 555. The van der Waals surface area contributed by atoms with Crippen molar-refractivity contribution in [2.45, 2.75) is 26.7 Å². The summed E-state index contributed by atoms with van der Waals surface area (Å²) >= 11 is 6.43. The van der Waals surface area contributed by atoms with E-state index in [-0.39, 0.29) is 5.91 Å². The molecule has 1 saturated heterocycles. The number of ether oxygens (including phenoxy) is 1. The standard InChI is InChI=1S/C18H28ClN3O2/c1-4-21(5-2)11-8-20-18(23)14-12-15(19)16(13-17(14)24-3)22-9-6-7-10-22/h12-13H,4-11H2,1-3H3,(H,20,23). The summed E-state index contributed by atoms with van der Waals surface area (Å²) in [5.41, 5.74) is 1.44. The molecule has 0 spiro atoms. The summed E-state index contributed by atoms with van der Waals surface area (Å²) in [4.78, 5) is 17.0. The summed E-state index contributed by atoms with van der Waals surface area (Å²) < 4.78 is 5.43. The van der Waals surface area contributed by atoms with E-state index in [4.69, 9.17) is 16.3 Å². The number of nitrogens with zero attached hydrogens (tertiary/aromatic N) is 2. The van der Waals surface area contributed by atoms with E-state index in [1.54, 1.807) is 13.2 Å². The zero-order valence-electron chi connectivity index (χ0n) is 14.9. The molecule has 0 bridgehead atoms. The fraction of sp³-hybridized carbons (Fsp3) is 0.611. The van der Waals surface area contributed by atoms with Crippen molar-refractivity contribution < 1.29 is 9.53 Å². The van der Waals surface area contributed by atoms with Crippen molar-refractivity contribution in [1.82, 2.24) is 10.2 Å². The minimum absolute atomic E-state index is 0.145. The van der Waals surface area contributed by atoms with Crippen LogP contribution in [0, 0.1) is 0 Å². The number of anilines is 1. The molecule has 0 aromatic heterocycles. The van der Waals surface area contributed by atoms with Crippen LogP contribution in [0.2, 0.25) is 5.02 Å². The van der Waals surface area contributed by atoms with Gasteiger partial charge in [-0.15, -0.1) is 0 Å². The van der Waals surface area contributed by atoms with Crippen LogP contribution in [0.25, 0.3) is 0 Å². The molecule has 0 radical (unpaired) electrons. The first-order valence-electron chi connectivity index (χ1n) is 8.73. The monoisotopic (exact) mass is 353 g/mol. The number of hydrogen-bond donors (Lipinski definition) is 1. The first-order valence-corrected chi connectivity index (χ1v) is 9.11. The van der Waals surface area contributed by atoms with Crippen molar-refractivity contribution in [2.75, 3.05) is 51.3 Å². The van der Waals surface area contributed by atoms with Gasteiger partial charge in [0.1, 0.15) is 5.75 Å². The summed E-state index contributed by atoms with van der Waals surface area (Å²) in [7, 11) is 1.59. The van der Waals surface area contributed by atoms with Gasteiger partial charge in [-0.3, -0.25) is 4.79 Å². The molecular formula is C18H28ClN3O2. The first-order chi connectivity index (χ1) is 11.6. The quantitative estimate of drug-likeness (QED) is 0.780. The average molecular weight is 354 g/mol. The third-order valence-electron chi connectivity index (χ3n) is 4.57. The highest BCUT2D eigenvalue weighted by molar-refractivity contribution is 6.33. The molecular weight excluding hydrogens is 326 g/mol. The summed E-state index contributed by atoms with van der Waals surface area (Å²) in [5.74, 6) is 0.426. The summed E-state index contributed by atoms with van der Waals surface area (Å²) in [6.07, 6.45) is 2.35. The van der Waals surface area contributed by atoms with Crippen LogP contribution in [0.4, 0.5) is 5.69 Å². The Hall–Kier alpha value is -1.46. The van der Waals surface area contributed by atoms with E-state index < -0.39 is 0 Å². The van der Waals surface area contributed by atoms with E-state index in [9.17, 15) is 4.79 Å². The Balaban J connectivity index is 2.08. The highest BCUT2D eigenvalue weighted by Gasteiger charge is 2.20. The number of hydrogen-bond acceptors (Lipinski definition) is 4. The number of methoxy groups -OCH3 is 1. The number of nitrogens with one attached hydrogen (secondary N) is 1. The normalized spacial score (nSPS) is 14.3. The highest BCUT2D eigenvalue weighted by Crippen LogP contribution is 2.35. The van der Waals surface area contributed by atoms with Crippen molar-refractivity contribution >= 4 is 23.2 Å². The molecule has 1 amide bonds. The van der Waals surface area contributed by atoms with Gasteiger partial charge < -0.3 is 19.9 Å². The predicted octanol–water partition coefficient (Wildman–Crippen LogP) is 3.02. The van der Waals surface area contributed by atoms with Gasteiger partial charge in [0, 0.05) is 32.2 Å². The number of carbonyl (C=O) groups is 1. The number of amides is 1. The zero-order valence-corrected chi connectivity index (χ0v) is 15.7. The summed E-state index contributed by atoms with van der Waals surface area (Å²) in [5, 5.41) is 3.56. The number of halogens is 1. The van der Waals surface area contributed by atoms with Crippen LogP contribution in [0.5, 0.6) is 5.75 Å². The van der Waals surface area contributed by atoms with Gasteiger partial charge in [-0.2, -0.15) is 0 Å². The second kappa shape index (κ2) is 9.14. The van der Waals surface area contributed by atoms with Crippen LogP contribution >= 0.6 is 11.6 Å². The third-order valence-corrected chi connectivity index (χ3v) is 4.87. The second-order valence-corrected chi connectivity index (χ2v) is 6.39. The Morgan fingerprint density at radius 2 is 1.96 bits per heavy atom. The van der Waals surface area contributed by atoms with E-state index in [1.165, 1.54) is 12.8 Å². The molecule has 0 atom stereocenters. The van der Waals surface area contributed by atoms with Gasteiger partial charge in [-0.25, -0.2) is 0 Å². The maximum absolute atomic E-state index is 12.5. The molecule has 0 saturated carbocycles. The van der Waals surface area contributed by atoms with Crippen LogP contribution < -0.4 is 15.0 Å². The number of carbonyl (C=O) groups excluding carboxylic acids is 1. The fourth-order valence-corrected chi connectivity index (χ4v) is 3.34. The molecule has 0 unspecified atom stereocenters. The first kappa shape index (κ1) is 18.9. The lowest BCUT2D eigenvalue weighted by atomic mass is 10.1. The Morgan fingerprint density at radius 3 is 2.54 bits per heavy atom. The van der Waals surface area contributed by atoms with E-state index >= 15 is 0 Å². The Morgan fingerprint density at radius 1 is 1.29 bits per heavy atom. The second-order valence-electron chi connectivity index (χ2n) is 5.98. The van der Waals surface area contributed by atoms with Gasteiger partial charge >= 0.3 is 0 Å². The number of benzene rings is 1. The maximum Gasteiger partial charge on any atom is 0.255 e. The predicted molar refractivity (Wildman–Crippen MR) is 99.6 cm³/mol. The minimum atomic E-state index is -0.145. The summed E-state index contributed by atoms with van der Waals surface area (Å²) in [6.45, 7) is 9.63. The van der Waals surface area contributed by atoms with Crippen LogP contribution in [-0.2, 0) is 0 Å². The molecule has 1 aromatic carbocycles. The molecule has 24 heavy (non-hydrogen) atoms. The van der Waals surface area contributed by atoms with Gasteiger partial charge in [0.2, 0.25) is 0 Å². The lowest BCUT2D eigenvalue weighted by molar-refractivity contribution is 0.0946. The van der Waals surface area contributed by atoms with Crippen LogP contribution in [0.3, 0.4) is 0 Å². The molecule has 0 aliphatic carbocycles. The molecule has 5 nitrogen and oxygen atoms in total. The molecule has 6 heteroatoms. The van der Waals surface area contributed by atoms with Gasteiger partial charge in [0.15, 0.2) is 0 Å². The molecule has 2 rings (SSSR count). The SMILES string of the molecule is CCN(CC)CCNC(=O)c1cc(Cl)c(N2CCCC2)cc1OC. The Labute approximate surface area is 149 Å². The van der Waals surface area contributed by atoms with Crippen molar-refractivity contribution in [3.63, 3.8) is 0 Å². The topological polar surface area (TPSA) is 44.8 Å². The van der Waals surface area contributed by atoms with Crippen LogP contribution in [0.1, 0.15) is 37.0 Å². The van der Waals surface area contributed by atoms with Crippen LogP contribution in [0.15, 0.2) is 12.1 Å². The number of likely N-dealkylation sites (N-methyl/N-ethyl adjacent to an activating group) is 1. The summed E-state index contributed by atoms with van der Waals surface area (Å²) in [6, 6.07) is 3.60. The smallest absolute Gasteiger partial charge is 0.255 e. The number of rotatable bonds is 8. The van der Waals surface area contributed by atoms with E-state index in [1.807, 2.05) is 6.07 Å². The maximum atomic E-state index is 12.5. The molecule has 1 aromatic rings. The molecule has 1 fully saturated rings. The van der Waals surface area contributed by atoms with E-state index in [0.717, 1.165) is 38.4 Å². The van der Waals surface area contributed by atoms with Crippen molar-refractivity contribution in [3.8, 4) is 5.75 Å². The fourth-order valence-electron chi connectivity index (χ4n) is 3.05. The molecule has 1 N–H and O–H groups in total. The van der Waals surface area contributed by atoms with Crippen LogP contribution in [-0.4, -0.2) is 57.2 Å². The molecule has 134 valence electrons. The largest absolute Gasteiger partial charge is 0.496 e. The van der Waals surface area contributed by atoms with Gasteiger partial charge in [-0.05, 0) is 32.0 Å². The van der Waals surface area contributed by atoms with E-state index in [2.05, 4.69) is 29.0 Å². The minimum Gasteiger partial charge on any atom is -0.496 e. The van der Waals surface area contributed by atoms with Gasteiger partial charge in [0.05, 0.1) is 23.4 Å². The molecule has 1 aliphatic heterocycles. The Kier molecular flexibility index (Phi) is 7.18. The lowest BCUT2D eigenvalue weighted by Crippen LogP contribution is -2.35. The van der Waals surface area contributed by atoms with Crippen molar-refractivity contribution in [2.24, 2.45) is 0 Å². The average Bonchev–Trinajstić information content (AvgIpc) is 3.12. The molecule has 1 heterocycles.